The van der Waals surface area contributed by atoms with Gasteiger partial charge >= 0.3 is 0 Å². The van der Waals surface area contributed by atoms with E-state index in [4.69, 9.17) is 5.73 Å². The van der Waals surface area contributed by atoms with Gasteiger partial charge in [0.1, 0.15) is 17.1 Å². The van der Waals surface area contributed by atoms with Gasteiger partial charge in [0.25, 0.3) is 5.91 Å². The Morgan fingerprint density at radius 1 is 1.33 bits per heavy atom. The molecule has 98 valence electrons. The molecule has 0 radical (unpaired) electrons. The lowest BCUT2D eigenvalue weighted by molar-refractivity contribution is 0.0942. The average molecular weight is 250 g/mol. The number of carbonyl (C=O) groups excluding carboxylic acids is 1. The van der Waals surface area contributed by atoms with Gasteiger partial charge in [-0.05, 0) is 37.3 Å². The standard InChI is InChI=1S/C13H18N2O3/c14-9-5-4-8(6-9)7-15-13(18)12-10(16)2-1-3-11(12)17/h1-3,8-9,16-17H,4-7,14H2,(H,15,18). The topological polar surface area (TPSA) is 95.6 Å². The first-order valence-electron chi connectivity index (χ1n) is 6.12. The minimum Gasteiger partial charge on any atom is -0.507 e. The van der Waals surface area contributed by atoms with E-state index in [1.165, 1.54) is 18.2 Å². The zero-order valence-corrected chi connectivity index (χ0v) is 10.1. The van der Waals surface area contributed by atoms with E-state index in [0.717, 1.165) is 19.3 Å². The highest BCUT2D eigenvalue weighted by molar-refractivity contribution is 5.99. The van der Waals surface area contributed by atoms with Gasteiger partial charge in [0, 0.05) is 12.6 Å². The summed E-state index contributed by atoms with van der Waals surface area (Å²) >= 11 is 0. The number of rotatable bonds is 3. The van der Waals surface area contributed by atoms with Crippen LogP contribution >= 0.6 is 0 Å². The van der Waals surface area contributed by atoms with Crippen LogP contribution in [0.2, 0.25) is 0 Å². The van der Waals surface area contributed by atoms with E-state index in [-0.39, 0.29) is 23.1 Å². The third-order valence-electron chi connectivity index (χ3n) is 3.38. The highest BCUT2D eigenvalue weighted by Gasteiger charge is 2.23. The molecular formula is C13H18N2O3. The molecule has 0 heterocycles. The van der Waals surface area contributed by atoms with Crippen molar-refractivity contribution < 1.29 is 15.0 Å². The predicted molar refractivity (Wildman–Crippen MR) is 67.4 cm³/mol. The third kappa shape index (κ3) is 2.73. The molecule has 0 aliphatic heterocycles. The monoisotopic (exact) mass is 250 g/mol. The quantitative estimate of drug-likeness (QED) is 0.642. The number of amides is 1. The van der Waals surface area contributed by atoms with Crippen LogP contribution in [0.15, 0.2) is 18.2 Å². The molecule has 18 heavy (non-hydrogen) atoms. The minimum atomic E-state index is -0.453. The molecule has 2 rings (SSSR count). The summed E-state index contributed by atoms with van der Waals surface area (Å²) < 4.78 is 0. The van der Waals surface area contributed by atoms with Gasteiger partial charge in [-0.25, -0.2) is 0 Å². The number of nitrogens with two attached hydrogens (primary N) is 1. The Bertz CT molecular complexity index is 428. The zero-order chi connectivity index (χ0) is 13.1. The van der Waals surface area contributed by atoms with Crippen molar-refractivity contribution in [3.05, 3.63) is 23.8 Å². The van der Waals surface area contributed by atoms with E-state index >= 15 is 0 Å². The van der Waals surface area contributed by atoms with E-state index in [0.29, 0.717) is 12.5 Å². The van der Waals surface area contributed by atoms with Crippen LogP contribution in [-0.2, 0) is 0 Å². The maximum Gasteiger partial charge on any atom is 0.258 e. The lowest BCUT2D eigenvalue weighted by Gasteiger charge is -2.12. The molecule has 1 aromatic carbocycles. The van der Waals surface area contributed by atoms with Crippen LogP contribution in [0, 0.1) is 5.92 Å². The van der Waals surface area contributed by atoms with Gasteiger partial charge in [-0.3, -0.25) is 4.79 Å². The molecule has 2 atom stereocenters. The first-order valence-corrected chi connectivity index (χ1v) is 6.12. The molecule has 0 spiro atoms. The van der Waals surface area contributed by atoms with Crippen molar-refractivity contribution in [2.45, 2.75) is 25.3 Å². The van der Waals surface area contributed by atoms with Crippen LogP contribution in [0.25, 0.3) is 0 Å². The van der Waals surface area contributed by atoms with Gasteiger partial charge in [-0.1, -0.05) is 6.07 Å². The van der Waals surface area contributed by atoms with Crippen molar-refractivity contribution in [1.29, 1.82) is 0 Å². The van der Waals surface area contributed by atoms with Crippen molar-refractivity contribution in [1.82, 2.24) is 5.32 Å². The summed E-state index contributed by atoms with van der Waals surface area (Å²) in [5.74, 6) is -0.491. The summed E-state index contributed by atoms with van der Waals surface area (Å²) in [7, 11) is 0. The molecule has 0 bridgehead atoms. The summed E-state index contributed by atoms with van der Waals surface area (Å²) in [6.07, 6.45) is 2.91. The minimum absolute atomic E-state index is 0.0696. The van der Waals surface area contributed by atoms with Gasteiger partial charge in [-0.2, -0.15) is 0 Å². The first-order chi connectivity index (χ1) is 8.58. The van der Waals surface area contributed by atoms with E-state index in [1.807, 2.05) is 0 Å². The highest BCUT2D eigenvalue weighted by Crippen LogP contribution is 2.27. The van der Waals surface area contributed by atoms with Crippen molar-refractivity contribution in [2.24, 2.45) is 11.7 Å². The normalized spacial score (nSPS) is 22.9. The zero-order valence-electron chi connectivity index (χ0n) is 10.1. The molecule has 1 fully saturated rings. The number of hydrogen-bond acceptors (Lipinski definition) is 4. The Kier molecular flexibility index (Phi) is 3.72. The predicted octanol–water partition coefficient (Wildman–Crippen LogP) is 0.955. The molecule has 0 saturated heterocycles. The van der Waals surface area contributed by atoms with Crippen molar-refractivity contribution >= 4 is 5.91 Å². The van der Waals surface area contributed by atoms with E-state index < -0.39 is 5.91 Å². The lowest BCUT2D eigenvalue weighted by atomic mass is 10.1. The fourth-order valence-corrected chi connectivity index (χ4v) is 2.39. The molecule has 1 aliphatic carbocycles. The summed E-state index contributed by atoms with van der Waals surface area (Å²) in [5, 5.41) is 21.8. The number of carbonyl (C=O) groups is 1. The Labute approximate surface area is 106 Å². The van der Waals surface area contributed by atoms with E-state index in [2.05, 4.69) is 5.32 Å². The van der Waals surface area contributed by atoms with Crippen LogP contribution in [0.1, 0.15) is 29.6 Å². The van der Waals surface area contributed by atoms with Crippen LogP contribution in [0.4, 0.5) is 0 Å². The molecule has 0 aromatic heterocycles. The molecule has 1 saturated carbocycles. The molecular weight excluding hydrogens is 232 g/mol. The molecule has 5 heteroatoms. The molecule has 1 aromatic rings. The summed E-state index contributed by atoms with van der Waals surface area (Å²) in [5.41, 5.74) is 5.73. The van der Waals surface area contributed by atoms with Gasteiger partial charge in [-0.15, -0.1) is 0 Å². The van der Waals surface area contributed by atoms with Crippen LogP contribution in [0.3, 0.4) is 0 Å². The number of nitrogens with one attached hydrogen (secondary N) is 1. The summed E-state index contributed by atoms with van der Waals surface area (Å²) in [6.45, 7) is 0.528. The van der Waals surface area contributed by atoms with E-state index in [1.54, 1.807) is 0 Å². The molecule has 1 amide bonds. The number of aromatic hydroxyl groups is 2. The van der Waals surface area contributed by atoms with Crippen LogP contribution in [0.5, 0.6) is 11.5 Å². The number of hydrogen-bond donors (Lipinski definition) is 4. The SMILES string of the molecule is NC1CCC(CNC(=O)c2c(O)cccc2O)C1. The highest BCUT2D eigenvalue weighted by atomic mass is 16.3. The third-order valence-corrected chi connectivity index (χ3v) is 3.38. The lowest BCUT2D eigenvalue weighted by Crippen LogP contribution is -2.29. The Morgan fingerprint density at radius 2 is 2.00 bits per heavy atom. The fourth-order valence-electron chi connectivity index (χ4n) is 2.39. The Balaban J connectivity index is 1.96. The summed E-state index contributed by atoms with van der Waals surface area (Å²) in [6, 6.07) is 4.46. The van der Waals surface area contributed by atoms with Crippen LogP contribution < -0.4 is 11.1 Å². The van der Waals surface area contributed by atoms with E-state index in [9.17, 15) is 15.0 Å². The Hall–Kier alpha value is -1.75. The van der Waals surface area contributed by atoms with Gasteiger partial charge in [0.15, 0.2) is 0 Å². The van der Waals surface area contributed by atoms with Crippen LogP contribution in [-0.4, -0.2) is 28.7 Å². The average Bonchev–Trinajstić information content (AvgIpc) is 2.72. The maximum absolute atomic E-state index is 11.9. The molecule has 5 N–H and O–H groups in total. The van der Waals surface area contributed by atoms with Gasteiger partial charge < -0.3 is 21.3 Å². The number of phenolic OH excluding ortho intramolecular Hbond substituents is 2. The second-order valence-corrected chi connectivity index (χ2v) is 4.82. The first kappa shape index (κ1) is 12.7. The summed E-state index contributed by atoms with van der Waals surface area (Å²) in [4.78, 5) is 11.9. The van der Waals surface area contributed by atoms with Crippen molar-refractivity contribution in [2.75, 3.05) is 6.54 Å². The maximum atomic E-state index is 11.9. The fraction of sp³-hybridized carbons (Fsp3) is 0.462. The van der Waals surface area contributed by atoms with Gasteiger partial charge in [0.05, 0.1) is 0 Å². The molecule has 1 aliphatic rings. The molecule has 2 unspecified atom stereocenters. The second kappa shape index (κ2) is 5.27. The second-order valence-electron chi connectivity index (χ2n) is 4.82. The largest absolute Gasteiger partial charge is 0.507 e. The molecule has 5 nitrogen and oxygen atoms in total. The van der Waals surface area contributed by atoms with Gasteiger partial charge in [0.2, 0.25) is 0 Å². The number of benzene rings is 1. The van der Waals surface area contributed by atoms with Crippen molar-refractivity contribution in [3.63, 3.8) is 0 Å². The smallest absolute Gasteiger partial charge is 0.258 e. The Morgan fingerprint density at radius 3 is 2.56 bits per heavy atom. The number of phenols is 2. The van der Waals surface area contributed by atoms with Crippen molar-refractivity contribution in [3.8, 4) is 11.5 Å².